The predicted octanol–water partition coefficient (Wildman–Crippen LogP) is 6.19. The summed E-state index contributed by atoms with van der Waals surface area (Å²) < 4.78 is 12.8. The van der Waals surface area contributed by atoms with Crippen LogP contribution in [0.3, 0.4) is 0 Å². The molecule has 13 nitrogen and oxygen atoms in total. The number of Topliss-reactive ketones (excluding diaryl/α,β-unsaturated/α-hetero) is 1. The normalized spacial score (nSPS) is 14.6. The molecule has 3 N–H and O–H groups in total. The molecular formula is C42H49ClN6O7. The maximum absolute atomic E-state index is 14.2. The molecule has 1 saturated heterocycles. The van der Waals surface area contributed by atoms with Crippen LogP contribution in [-0.2, 0) is 30.5 Å². The van der Waals surface area contributed by atoms with E-state index >= 15 is 0 Å². The zero-order chi connectivity index (χ0) is 40.5. The molecule has 1 aliphatic rings. The third-order valence-corrected chi connectivity index (χ3v) is 9.46. The number of ether oxygens (including phenoxy) is 2. The van der Waals surface area contributed by atoms with E-state index in [1.165, 1.54) is 20.2 Å². The first kappa shape index (κ1) is 41.6. The van der Waals surface area contributed by atoms with Crippen LogP contribution in [-0.4, -0.2) is 80.9 Å². The highest BCUT2D eigenvalue weighted by atomic mass is 35.5. The lowest BCUT2D eigenvalue weighted by molar-refractivity contribution is -0.134. The summed E-state index contributed by atoms with van der Waals surface area (Å²) in [6.07, 6.45) is 3.27. The molecule has 1 aromatic heterocycles. The average molecular weight is 785 g/mol. The highest BCUT2D eigenvalue weighted by Crippen LogP contribution is 2.28. The van der Waals surface area contributed by atoms with Crippen LogP contribution in [0, 0.1) is 5.92 Å². The fourth-order valence-electron chi connectivity index (χ4n) is 6.22. The number of carbonyl (C=O) groups is 5. The summed E-state index contributed by atoms with van der Waals surface area (Å²) >= 11 is 6.01. The number of aromatic nitrogens is 2. The molecule has 14 heteroatoms. The predicted molar refractivity (Wildman–Crippen MR) is 212 cm³/mol. The third-order valence-electron chi connectivity index (χ3n) is 9.21. The van der Waals surface area contributed by atoms with Crippen LogP contribution in [0.25, 0.3) is 0 Å². The van der Waals surface area contributed by atoms with Crippen LogP contribution >= 0.6 is 11.6 Å². The molecule has 0 aliphatic carbocycles. The van der Waals surface area contributed by atoms with E-state index < -0.39 is 41.1 Å². The minimum atomic E-state index is -1.46. The Bertz CT molecular complexity index is 1970. The molecule has 2 atom stereocenters. The Kier molecular flexibility index (Phi) is 13.7. The van der Waals surface area contributed by atoms with Crippen molar-refractivity contribution in [2.24, 2.45) is 5.92 Å². The van der Waals surface area contributed by atoms with Gasteiger partial charge in [-0.3, -0.25) is 19.2 Å². The standard InChI is InChI=1S/C42H49ClN6O7/c1-41(2,3)56-40(54)47-42(4,5)39(53)45-33(26-55-25-28-12-8-6-9-13-28)37(51)46-34-24-49(27-44-34)35(29-14-10-7-11-15-29)38(52)48-22-20-31(21-23-48)36(50)30-16-18-32(43)19-17-30/h6-19,24,27,31,33,35H,20-23,25-26H2,1-5H3,(H,45,53)(H,46,51)(H,47,54). The summed E-state index contributed by atoms with van der Waals surface area (Å²) in [6, 6.07) is 23.4. The van der Waals surface area contributed by atoms with E-state index in [0.29, 0.717) is 42.1 Å². The van der Waals surface area contributed by atoms with Gasteiger partial charge in [-0.1, -0.05) is 72.3 Å². The molecule has 2 heterocycles. The Morgan fingerprint density at radius 2 is 1.50 bits per heavy atom. The molecule has 0 radical (unpaired) electrons. The summed E-state index contributed by atoms with van der Waals surface area (Å²) in [5.41, 5.74) is -0.0554. The topological polar surface area (TPSA) is 161 Å². The van der Waals surface area contributed by atoms with Crippen LogP contribution in [0.2, 0.25) is 5.02 Å². The van der Waals surface area contributed by atoms with Gasteiger partial charge >= 0.3 is 6.09 Å². The number of likely N-dealkylation sites (tertiary alicyclic amines) is 1. The Morgan fingerprint density at radius 1 is 0.875 bits per heavy atom. The number of nitrogens with one attached hydrogen (secondary N) is 3. The van der Waals surface area contributed by atoms with Crippen LogP contribution in [0.5, 0.6) is 0 Å². The molecule has 0 saturated carbocycles. The molecule has 1 aliphatic heterocycles. The molecule has 0 bridgehead atoms. The summed E-state index contributed by atoms with van der Waals surface area (Å²) in [6.45, 7) is 8.89. The maximum atomic E-state index is 14.2. The molecule has 5 rings (SSSR count). The lowest BCUT2D eigenvalue weighted by Crippen LogP contribution is -2.59. The van der Waals surface area contributed by atoms with Crippen LogP contribution in [0.15, 0.2) is 97.5 Å². The van der Waals surface area contributed by atoms with E-state index in [-0.39, 0.29) is 36.6 Å². The van der Waals surface area contributed by atoms with Crippen molar-refractivity contribution < 1.29 is 33.4 Å². The number of halogens is 1. The van der Waals surface area contributed by atoms with Crippen molar-refractivity contribution in [3.05, 3.63) is 119 Å². The fourth-order valence-corrected chi connectivity index (χ4v) is 6.35. The summed E-state index contributed by atoms with van der Waals surface area (Å²) in [4.78, 5) is 73.3. The second-order valence-electron chi connectivity index (χ2n) is 15.3. The van der Waals surface area contributed by atoms with Gasteiger partial charge in [-0.15, -0.1) is 0 Å². The number of piperidine rings is 1. The van der Waals surface area contributed by atoms with Crippen molar-refractivity contribution in [3.63, 3.8) is 0 Å². The van der Waals surface area contributed by atoms with Gasteiger partial charge in [-0.2, -0.15) is 0 Å². The van der Waals surface area contributed by atoms with Gasteiger partial charge in [0.05, 0.1) is 19.5 Å². The lowest BCUT2D eigenvalue weighted by atomic mass is 9.88. The summed E-state index contributed by atoms with van der Waals surface area (Å²) in [7, 11) is 0. The largest absolute Gasteiger partial charge is 0.444 e. The molecule has 2 unspecified atom stereocenters. The first-order chi connectivity index (χ1) is 26.6. The van der Waals surface area contributed by atoms with Gasteiger partial charge in [0.2, 0.25) is 11.8 Å². The second kappa shape index (κ2) is 18.4. The molecule has 4 amide bonds. The van der Waals surface area contributed by atoms with E-state index in [2.05, 4.69) is 20.9 Å². The van der Waals surface area contributed by atoms with Crippen LogP contribution < -0.4 is 16.0 Å². The molecule has 4 aromatic rings. The van der Waals surface area contributed by atoms with Crippen molar-refractivity contribution in [2.75, 3.05) is 25.0 Å². The van der Waals surface area contributed by atoms with Gasteiger partial charge in [0, 0.05) is 35.8 Å². The Morgan fingerprint density at radius 3 is 2.12 bits per heavy atom. The number of alkyl carbamates (subject to hydrolysis) is 1. The van der Waals surface area contributed by atoms with Gasteiger partial charge < -0.3 is 34.9 Å². The Labute approximate surface area is 332 Å². The highest BCUT2D eigenvalue weighted by molar-refractivity contribution is 6.30. The smallest absolute Gasteiger partial charge is 0.408 e. The first-order valence-corrected chi connectivity index (χ1v) is 18.9. The van der Waals surface area contributed by atoms with Crippen molar-refractivity contribution >= 4 is 47.0 Å². The molecule has 296 valence electrons. The lowest BCUT2D eigenvalue weighted by Gasteiger charge is -2.34. The zero-order valence-corrected chi connectivity index (χ0v) is 33.0. The number of nitrogens with zero attached hydrogens (tertiary/aromatic N) is 3. The number of hydrogen-bond donors (Lipinski definition) is 3. The fraction of sp³-hybridized carbons (Fsp3) is 0.381. The number of rotatable bonds is 14. The number of ketones is 1. The van der Waals surface area contributed by atoms with Crippen LogP contribution in [0.1, 0.15) is 75.0 Å². The van der Waals surface area contributed by atoms with E-state index in [4.69, 9.17) is 21.1 Å². The monoisotopic (exact) mass is 784 g/mol. The van der Waals surface area contributed by atoms with Gasteiger partial charge in [0.1, 0.15) is 23.2 Å². The molecule has 56 heavy (non-hydrogen) atoms. The summed E-state index contributed by atoms with van der Waals surface area (Å²) in [5.74, 6) is -1.49. The molecular weight excluding hydrogens is 736 g/mol. The molecule has 0 spiro atoms. The van der Waals surface area contributed by atoms with Gasteiger partial charge in [0.15, 0.2) is 11.6 Å². The van der Waals surface area contributed by atoms with Gasteiger partial charge in [0.25, 0.3) is 5.91 Å². The zero-order valence-electron chi connectivity index (χ0n) is 32.3. The minimum absolute atomic E-state index is 0.0335. The number of carbonyl (C=O) groups excluding carboxylic acids is 5. The maximum Gasteiger partial charge on any atom is 0.408 e. The number of hydrogen-bond acceptors (Lipinski definition) is 8. The number of benzene rings is 3. The van der Waals surface area contributed by atoms with E-state index in [1.807, 2.05) is 60.7 Å². The average Bonchev–Trinajstić information content (AvgIpc) is 3.61. The van der Waals surface area contributed by atoms with E-state index in [1.54, 1.807) is 60.7 Å². The van der Waals surface area contributed by atoms with Crippen molar-refractivity contribution in [1.82, 2.24) is 25.1 Å². The molecule has 1 fully saturated rings. The second-order valence-corrected chi connectivity index (χ2v) is 15.7. The van der Waals surface area contributed by atoms with Crippen molar-refractivity contribution in [3.8, 4) is 0 Å². The van der Waals surface area contributed by atoms with Crippen LogP contribution in [0.4, 0.5) is 10.6 Å². The number of imidazole rings is 1. The van der Waals surface area contributed by atoms with E-state index in [0.717, 1.165) is 5.56 Å². The number of amides is 4. The quantitative estimate of drug-likeness (QED) is 0.128. The number of anilines is 1. The van der Waals surface area contributed by atoms with Gasteiger partial charge in [-0.05, 0) is 82.9 Å². The Hall–Kier alpha value is -5.53. The summed E-state index contributed by atoms with van der Waals surface area (Å²) in [5, 5.41) is 8.57. The first-order valence-electron chi connectivity index (χ1n) is 18.5. The minimum Gasteiger partial charge on any atom is -0.444 e. The SMILES string of the molecule is CC(C)(C)OC(=O)NC(C)(C)C(=O)NC(COCc1ccccc1)C(=O)Nc1cn(C(C(=O)N2CCC(C(=O)c3ccc(Cl)cc3)CC2)c2ccccc2)cn1. The van der Waals surface area contributed by atoms with Gasteiger partial charge in [-0.25, -0.2) is 9.78 Å². The highest BCUT2D eigenvalue weighted by Gasteiger charge is 2.36. The molecule has 3 aromatic carbocycles. The van der Waals surface area contributed by atoms with Crippen molar-refractivity contribution in [1.29, 1.82) is 0 Å². The van der Waals surface area contributed by atoms with E-state index in [9.17, 15) is 24.0 Å². The van der Waals surface area contributed by atoms with Crippen molar-refractivity contribution in [2.45, 2.75) is 77.3 Å². The third kappa shape index (κ3) is 11.5. The Balaban J connectivity index is 1.29.